The molecule has 4 nitrogen and oxygen atoms in total. The predicted octanol–water partition coefficient (Wildman–Crippen LogP) is 2.38. The van der Waals surface area contributed by atoms with E-state index in [1.807, 2.05) is 19.1 Å². The number of nitrogens with zero attached hydrogens (tertiary/aromatic N) is 1. The Morgan fingerprint density at radius 2 is 2.31 bits per heavy atom. The van der Waals surface area contributed by atoms with Crippen molar-refractivity contribution in [3.63, 3.8) is 0 Å². The third-order valence-electron chi connectivity index (χ3n) is 2.34. The smallest absolute Gasteiger partial charge is 0.195 e. The molecule has 0 unspecified atom stereocenters. The second kappa shape index (κ2) is 4.99. The van der Waals surface area contributed by atoms with Gasteiger partial charge in [-0.3, -0.25) is 0 Å². The van der Waals surface area contributed by atoms with E-state index in [-0.39, 0.29) is 0 Å². The summed E-state index contributed by atoms with van der Waals surface area (Å²) in [6.45, 7) is 3.49. The third-order valence-corrected chi connectivity index (χ3v) is 2.34. The number of nitrogens with two attached hydrogens (primary N) is 1. The van der Waals surface area contributed by atoms with Gasteiger partial charge in [0.05, 0.1) is 0 Å². The van der Waals surface area contributed by atoms with Crippen molar-refractivity contribution in [3.05, 3.63) is 24.1 Å². The highest BCUT2D eigenvalue weighted by Gasteiger charge is 2.05. The molecule has 2 aromatic rings. The number of anilines is 1. The maximum Gasteiger partial charge on any atom is 0.195 e. The Morgan fingerprint density at radius 3 is 3.12 bits per heavy atom. The molecule has 0 aliphatic heterocycles. The minimum atomic E-state index is 0.699. The van der Waals surface area contributed by atoms with Crippen LogP contribution in [0.2, 0.25) is 0 Å². The number of rotatable bonds is 5. The van der Waals surface area contributed by atoms with Crippen LogP contribution in [-0.4, -0.2) is 18.2 Å². The molecular weight excluding hydrogens is 204 g/mol. The zero-order valence-electron chi connectivity index (χ0n) is 9.40. The lowest BCUT2D eigenvalue weighted by Crippen LogP contribution is -1.95. The van der Waals surface area contributed by atoms with Gasteiger partial charge in [0, 0.05) is 31.4 Å². The van der Waals surface area contributed by atoms with Gasteiger partial charge >= 0.3 is 0 Å². The van der Waals surface area contributed by atoms with Gasteiger partial charge in [-0.2, -0.15) is 0 Å². The number of aryl methyl sites for hydroxylation is 1. The van der Waals surface area contributed by atoms with Crippen LogP contribution in [0.25, 0.3) is 11.1 Å². The Balaban J connectivity index is 2.02. The van der Waals surface area contributed by atoms with Crippen molar-refractivity contribution in [2.24, 2.45) is 0 Å². The van der Waals surface area contributed by atoms with Crippen molar-refractivity contribution in [2.45, 2.75) is 19.8 Å². The summed E-state index contributed by atoms with van der Waals surface area (Å²) in [6, 6.07) is 5.50. The number of aromatic nitrogens is 1. The van der Waals surface area contributed by atoms with Crippen molar-refractivity contribution in [1.82, 2.24) is 4.98 Å². The number of benzene rings is 1. The molecule has 1 aromatic heterocycles. The molecule has 0 saturated heterocycles. The zero-order valence-corrected chi connectivity index (χ0v) is 9.40. The topological polar surface area (TPSA) is 61.3 Å². The molecular formula is C12H16N2O2. The Morgan fingerprint density at radius 1 is 1.44 bits per heavy atom. The van der Waals surface area contributed by atoms with E-state index in [0.29, 0.717) is 5.69 Å². The van der Waals surface area contributed by atoms with Crippen LogP contribution in [0.3, 0.4) is 0 Å². The van der Waals surface area contributed by atoms with E-state index in [4.69, 9.17) is 14.9 Å². The summed E-state index contributed by atoms with van der Waals surface area (Å²) in [5.41, 5.74) is 7.98. The van der Waals surface area contributed by atoms with Crippen molar-refractivity contribution in [1.29, 1.82) is 0 Å². The van der Waals surface area contributed by atoms with Crippen LogP contribution >= 0.6 is 0 Å². The number of ether oxygens (including phenoxy) is 1. The molecule has 1 aromatic carbocycles. The quantitative estimate of drug-likeness (QED) is 0.620. The Kier molecular flexibility index (Phi) is 3.41. The van der Waals surface area contributed by atoms with Crippen LogP contribution in [0.15, 0.2) is 22.6 Å². The van der Waals surface area contributed by atoms with Gasteiger partial charge in [0.2, 0.25) is 0 Å². The third kappa shape index (κ3) is 2.52. The van der Waals surface area contributed by atoms with E-state index >= 15 is 0 Å². The van der Waals surface area contributed by atoms with Crippen LogP contribution in [0.5, 0.6) is 0 Å². The van der Waals surface area contributed by atoms with Crippen molar-refractivity contribution in [3.8, 4) is 0 Å². The second-order valence-corrected chi connectivity index (χ2v) is 3.64. The predicted molar refractivity (Wildman–Crippen MR) is 63.2 cm³/mol. The highest BCUT2D eigenvalue weighted by atomic mass is 16.5. The molecule has 0 bridgehead atoms. The maximum absolute atomic E-state index is 5.67. The van der Waals surface area contributed by atoms with Crippen molar-refractivity contribution >= 4 is 16.8 Å². The minimum absolute atomic E-state index is 0.699. The Labute approximate surface area is 94.4 Å². The molecule has 0 saturated carbocycles. The van der Waals surface area contributed by atoms with Crippen LogP contribution in [0, 0.1) is 0 Å². The molecule has 2 N–H and O–H groups in total. The number of nitrogen functional groups attached to an aromatic ring is 1. The van der Waals surface area contributed by atoms with Crippen molar-refractivity contribution in [2.75, 3.05) is 18.9 Å². The number of fused-ring (bicyclic) bond motifs is 1. The molecule has 0 spiro atoms. The first-order valence-corrected chi connectivity index (χ1v) is 5.52. The molecule has 0 aliphatic carbocycles. The van der Waals surface area contributed by atoms with E-state index in [0.717, 1.165) is 43.0 Å². The first kappa shape index (κ1) is 11.0. The highest BCUT2D eigenvalue weighted by Crippen LogP contribution is 2.18. The number of hydrogen-bond donors (Lipinski definition) is 1. The van der Waals surface area contributed by atoms with Gasteiger partial charge in [0.15, 0.2) is 11.5 Å². The summed E-state index contributed by atoms with van der Waals surface area (Å²) in [5.74, 6) is 0.750. The van der Waals surface area contributed by atoms with Gasteiger partial charge in [-0.05, 0) is 25.5 Å². The van der Waals surface area contributed by atoms with Crippen LogP contribution in [0.4, 0.5) is 5.69 Å². The lowest BCUT2D eigenvalue weighted by atomic mass is 10.3. The summed E-state index contributed by atoms with van der Waals surface area (Å²) >= 11 is 0. The van der Waals surface area contributed by atoms with E-state index in [9.17, 15) is 0 Å². The van der Waals surface area contributed by atoms with E-state index in [1.165, 1.54) is 0 Å². The summed E-state index contributed by atoms with van der Waals surface area (Å²) in [4.78, 5) is 4.37. The van der Waals surface area contributed by atoms with Crippen molar-refractivity contribution < 1.29 is 9.15 Å². The normalized spacial score (nSPS) is 11.1. The first-order chi connectivity index (χ1) is 7.79. The Bertz CT molecular complexity index is 465. The summed E-state index contributed by atoms with van der Waals surface area (Å²) < 4.78 is 10.8. The average Bonchev–Trinajstić information content (AvgIpc) is 2.66. The molecule has 0 radical (unpaired) electrons. The molecule has 86 valence electrons. The van der Waals surface area contributed by atoms with Crippen LogP contribution < -0.4 is 5.73 Å². The molecule has 16 heavy (non-hydrogen) atoms. The molecule has 0 atom stereocenters. The van der Waals surface area contributed by atoms with E-state index in [2.05, 4.69) is 4.98 Å². The number of hydrogen-bond acceptors (Lipinski definition) is 4. The summed E-state index contributed by atoms with van der Waals surface area (Å²) in [5, 5.41) is 0. The lowest BCUT2D eigenvalue weighted by Gasteiger charge is -1.97. The van der Waals surface area contributed by atoms with Gasteiger partial charge in [-0.25, -0.2) is 4.98 Å². The fourth-order valence-corrected chi connectivity index (χ4v) is 1.57. The second-order valence-electron chi connectivity index (χ2n) is 3.64. The Hall–Kier alpha value is -1.55. The fourth-order valence-electron chi connectivity index (χ4n) is 1.57. The average molecular weight is 220 g/mol. The molecule has 4 heteroatoms. The van der Waals surface area contributed by atoms with E-state index in [1.54, 1.807) is 6.07 Å². The molecule has 0 aliphatic rings. The minimum Gasteiger partial charge on any atom is -0.441 e. The highest BCUT2D eigenvalue weighted by molar-refractivity contribution is 5.76. The molecule has 1 heterocycles. The van der Waals surface area contributed by atoms with Gasteiger partial charge < -0.3 is 14.9 Å². The lowest BCUT2D eigenvalue weighted by molar-refractivity contribution is 0.144. The summed E-state index contributed by atoms with van der Waals surface area (Å²) in [7, 11) is 0. The van der Waals surface area contributed by atoms with Crippen LogP contribution in [0.1, 0.15) is 19.2 Å². The molecule has 2 rings (SSSR count). The maximum atomic E-state index is 5.67. The first-order valence-electron chi connectivity index (χ1n) is 5.52. The molecule has 0 fully saturated rings. The van der Waals surface area contributed by atoms with Gasteiger partial charge in [-0.15, -0.1) is 0 Å². The largest absolute Gasteiger partial charge is 0.441 e. The zero-order chi connectivity index (χ0) is 11.4. The van der Waals surface area contributed by atoms with Crippen LogP contribution in [-0.2, 0) is 11.2 Å². The van der Waals surface area contributed by atoms with Gasteiger partial charge in [-0.1, -0.05) is 0 Å². The van der Waals surface area contributed by atoms with Gasteiger partial charge in [0.25, 0.3) is 0 Å². The monoisotopic (exact) mass is 220 g/mol. The fraction of sp³-hybridized carbons (Fsp3) is 0.417. The van der Waals surface area contributed by atoms with E-state index < -0.39 is 0 Å². The van der Waals surface area contributed by atoms with Gasteiger partial charge in [0.1, 0.15) is 5.52 Å². The summed E-state index contributed by atoms with van der Waals surface area (Å²) in [6.07, 6.45) is 1.73. The SMILES string of the molecule is CCOCCCc1nc2ccc(N)cc2o1. The molecule has 0 amide bonds. The number of oxazole rings is 1. The standard InChI is InChI=1S/C12H16N2O2/c1-2-15-7-3-4-12-14-10-6-5-9(13)8-11(10)16-12/h5-6,8H,2-4,7,13H2,1H3.